The van der Waals surface area contributed by atoms with Gasteiger partial charge in [0.25, 0.3) is 0 Å². The lowest BCUT2D eigenvalue weighted by Crippen LogP contribution is -2.60. The van der Waals surface area contributed by atoms with Crippen LogP contribution in [-0.2, 0) is 11.3 Å². The molecule has 0 bridgehead atoms. The zero-order chi connectivity index (χ0) is 19.4. The van der Waals surface area contributed by atoms with Crippen molar-refractivity contribution in [3.05, 3.63) is 29.8 Å². The molecule has 1 aromatic carbocycles. The Morgan fingerprint density at radius 2 is 2.04 bits per heavy atom. The predicted molar refractivity (Wildman–Crippen MR) is 99.8 cm³/mol. The number of hydrogen-bond acceptors (Lipinski definition) is 4. The van der Waals surface area contributed by atoms with Crippen LogP contribution in [0.4, 0.5) is 8.78 Å². The molecule has 3 rings (SSSR count). The van der Waals surface area contributed by atoms with E-state index in [2.05, 4.69) is 21.6 Å². The van der Waals surface area contributed by atoms with Crippen LogP contribution in [-0.4, -0.2) is 72.5 Å². The highest BCUT2D eigenvalue weighted by Gasteiger charge is 2.41. The van der Waals surface area contributed by atoms with Gasteiger partial charge in [-0.1, -0.05) is 12.1 Å². The van der Waals surface area contributed by atoms with Gasteiger partial charge in [0.2, 0.25) is 5.91 Å². The van der Waals surface area contributed by atoms with E-state index in [0.29, 0.717) is 13.0 Å². The zero-order valence-corrected chi connectivity index (χ0v) is 16.2. The third-order valence-electron chi connectivity index (χ3n) is 5.99. The number of benzene rings is 1. The van der Waals surface area contributed by atoms with Crippen LogP contribution in [0.25, 0.3) is 0 Å². The van der Waals surface area contributed by atoms with Gasteiger partial charge >= 0.3 is 6.61 Å². The largest absolute Gasteiger partial charge is 0.435 e. The summed E-state index contributed by atoms with van der Waals surface area (Å²) in [6, 6.07) is 6.94. The van der Waals surface area contributed by atoms with E-state index in [4.69, 9.17) is 0 Å². The molecule has 7 heteroatoms. The van der Waals surface area contributed by atoms with Crippen LogP contribution >= 0.6 is 0 Å². The van der Waals surface area contributed by atoms with Crippen LogP contribution in [0.2, 0.25) is 0 Å². The monoisotopic (exact) mass is 381 g/mol. The maximum Gasteiger partial charge on any atom is 0.387 e. The molecule has 27 heavy (non-hydrogen) atoms. The Hall–Kier alpha value is -1.73. The Labute approximate surface area is 159 Å². The molecule has 1 atom stereocenters. The Balaban J connectivity index is 1.69. The molecule has 2 saturated heterocycles. The van der Waals surface area contributed by atoms with E-state index in [9.17, 15) is 13.6 Å². The highest BCUT2D eigenvalue weighted by Crippen LogP contribution is 2.32. The van der Waals surface area contributed by atoms with Crippen molar-refractivity contribution in [2.24, 2.45) is 0 Å². The molecule has 2 heterocycles. The number of carbonyl (C=O) groups excluding carboxylic acids is 1. The number of halogens is 2. The SMILES string of the molecule is CCN1CC[C@]2(CCC1=O)CN(Cc1cccc(OC(F)F)c1)CCN2C. The number of nitrogens with zero attached hydrogens (tertiary/aromatic N) is 3. The zero-order valence-electron chi connectivity index (χ0n) is 16.2. The minimum Gasteiger partial charge on any atom is -0.435 e. The van der Waals surface area contributed by atoms with Crippen molar-refractivity contribution >= 4 is 5.91 Å². The molecule has 0 radical (unpaired) electrons. The van der Waals surface area contributed by atoms with Gasteiger partial charge in [-0.05, 0) is 44.5 Å². The Kier molecular flexibility index (Phi) is 6.32. The van der Waals surface area contributed by atoms with Gasteiger partial charge in [0.05, 0.1) is 0 Å². The van der Waals surface area contributed by atoms with Crippen molar-refractivity contribution in [3.63, 3.8) is 0 Å². The van der Waals surface area contributed by atoms with Gasteiger partial charge in [0.15, 0.2) is 0 Å². The van der Waals surface area contributed by atoms with Gasteiger partial charge < -0.3 is 9.64 Å². The van der Waals surface area contributed by atoms with E-state index in [1.165, 1.54) is 0 Å². The van der Waals surface area contributed by atoms with Crippen LogP contribution in [0.15, 0.2) is 24.3 Å². The van der Waals surface area contributed by atoms with E-state index in [-0.39, 0.29) is 17.2 Å². The fourth-order valence-corrected chi connectivity index (χ4v) is 4.32. The molecule has 2 fully saturated rings. The van der Waals surface area contributed by atoms with Crippen LogP contribution in [0.5, 0.6) is 5.75 Å². The smallest absolute Gasteiger partial charge is 0.387 e. The van der Waals surface area contributed by atoms with Crippen molar-refractivity contribution in [1.82, 2.24) is 14.7 Å². The number of alkyl halides is 2. The number of hydrogen-bond donors (Lipinski definition) is 0. The van der Waals surface area contributed by atoms with E-state index >= 15 is 0 Å². The minimum absolute atomic E-state index is 0.00505. The number of ether oxygens (including phenoxy) is 1. The van der Waals surface area contributed by atoms with Crippen LogP contribution in [0.1, 0.15) is 31.7 Å². The summed E-state index contributed by atoms with van der Waals surface area (Å²) in [6.07, 6.45) is 2.42. The number of likely N-dealkylation sites (tertiary alicyclic amines) is 1. The first-order valence-electron chi connectivity index (χ1n) is 9.67. The molecule has 2 aliphatic heterocycles. The second-order valence-corrected chi connectivity index (χ2v) is 7.61. The molecule has 1 amide bonds. The highest BCUT2D eigenvalue weighted by atomic mass is 19.3. The van der Waals surface area contributed by atoms with Crippen molar-refractivity contribution in [3.8, 4) is 5.75 Å². The normalized spacial score (nSPS) is 25.2. The molecular formula is C20H29F2N3O2. The number of carbonyl (C=O) groups is 1. The molecule has 1 spiro atoms. The Morgan fingerprint density at radius 3 is 2.78 bits per heavy atom. The lowest BCUT2D eigenvalue weighted by molar-refractivity contribution is -0.130. The van der Waals surface area contributed by atoms with Gasteiger partial charge in [-0.15, -0.1) is 0 Å². The van der Waals surface area contributed by atoms with Gasteiger partial charge in [0, 0.05) is 51.2 Å². The molecule has 0 aromatic heterocycles. The van der Waals surface area contributed by atoms with E-state index in [1.54, 1.807) is 18.2 Å². The second-order valence-electron chi connectivity index (χ2n) is 7.61. The summed E-state index contributed by atoms with van der Waals surface area (Å²) < 4.78 is 29.4. The molecule has 0 N–H and O–H groups in total. The first-order chi connectivity index (χ1) is 12.9. The molecule has 1 aromatic rings. The lowest BCUT2D eigenvalue weighted by Gasteiger charge is -2.49. The average molecular weight is 381 g/mol. The summed E-state index contributed by atoms with van der Waals surface area (Å²) in [6.45, 7) is 4.22. The van der Waals surface area contributed by atoms with Crippen molar-refractivity contribution in [2.45, 2.75) is 44.9 Å². The lowest BCUT2D eigenvalue weighted by atomic mass is 9.86. The molecule has 0 saturated carbocycles. The Morgan fingerprint density at radius 1 is 1.22 bits per heavy atom. The summed E-state index contributed by atoms with van der Waals surface area (Å²) in [5.74, 6) is 0.446. The third kappa shape index (κ3) is 4.76. The molecular weight excluding hydrogens is 352 g/mol. The fraction of sp³-hybridized carbons (Fsp3) is 0.650. The summed E-state index contributed by atoms with van der Waals surface area (Å²) in [4.78, 5) is 19.0. The molecule has 0 aliphatic carbocycles. The maximum atomic E-state index is 12.5. The first kappa shape index (κ1) is 20.0. The average Bonchev–Trinajstić information content (AvgIpc) is 2.78. The number of piperazine rings is 1. The van der Waals surface area contributed by atoms with E-state index < -0.39 is 6.61 Å². The highest BCUT2D eigenvalue weighted by molar-refractivity contribution is 5.76. The number of rotatable bonds is 5. The summed E-state index contributed by atoms with van der Waals surface area (Å²) in [7, 11) is 2.15. The predicted octanol–water partition coefficient (Wildman–Crippen LogP) is 2.81. The van der Waals surface area contributed by atoms with E-state index in [1.807, 2.05) is 17.9 Å². The van der Waals surface area contributed by atoms with Crippen LogP contribution in [0, 0.1) is 0 Å². The quantitative estimate of drug-likeness (QED) is 0.786. The van der Waals surface area contributed by atoms with Crippen molar-refractivity contribution < 1.29 is 18.3 Å². The second kappa shape index (κ2) is 8.52. The summed E-state index contributed by atoms with van der Waals surface area (Å²) in [5.41, 5.74) is 0.960. The minimum atomic E-state index is -2.81. The number of amides is 1. The molecule has 150 valence electrons. The molecule has 5 nitrogen and oxygen atoms in total. The van der Waals surface area contributed by atoms with Crippen LogP contribution in [0.3, 0.4) is 0 Å². The van der Waals surface area contributed by atoms with Crippen LogP contribution < -0.4 is 4.74 Å². The van der Waals surface area contributed by atoms with Crippen molar-refractivity contribution in [2.75, 3.05) is 39.8 Å². The summed E-state index contributed by atoms with van der Waals surface area (Å²) in [5, 5.41) is 0. The topological polar surface area (TPSA) is 36.0 Å². The number of likely N-dealkylation sites (N-methyl/N-ethyl adjacent to an activating group) is 1. The third-order valence-corrected chi connectivity index (χ3v) is 5.99. The summed E-state index contributed by atoms with van der Waals surface area (Å²) >= 11 is 0. The molecule has 0 unspecified atom stereocenters. The maximum absolute atomic E-state index is 12.5. The van der Waals surface area contributed by atoms with Gasteiger partial charge in [-0.25, -0.2) is 0 Å². The Bertz CT molecular complexity index is 658. The standard InChI is InChI=1S/C20H29F2N3O2/c1-3-25-10-9-20(8-7-18(25)26)15-24(12-11-23(20)2)14-16-5-4-6-17(13-16)27-19(21)22/h4-6,13,19H,3,7-12,14-15H2,1-2H3/t20-/m1/s1. The van der Waals surface area contributed by atoms with Crippen molar-refractivity contribution in [1.29, 1.82) is 0 Å². The first-order valence-corrected chi connectivity index (χ1v) is 9.67. The van der Waals surface area contributed by atoms with Gasteiger partial charge in [-0.3, -0.25) is 14.6 Å². The fourth-order valence-electron chi connectivity index (χ4n) is 4.32. The van der Waals surface area contributed by atoms with E-state index in [0.717, 1.165) is 51.1 Å². The molecule has 2 aliphatic rings. The van der Waals surface area contributed by atoms with Gasteiger partial charge in [-0.2, -0.15) is 8.78 Å². The van der Waals surface area contributed by atoms with Gasteiger partial charge in [0.1, 0.15) is 5.75 Å².